The summed E-state index contributed by atoms with van der Waals surface area (Å²) in [5, 5.41) is 15.1. The van der Waals surface area contributed by atoms with Crippen molar-refractivity contribution in [2.45, 2.75) is 58.5 Å². The van der Waals surface area contributed by atoms with Gasteiger partial charge in [-0.05, 0) is 39.7 Å². The molecule has 2 rings (SSSR count). The summed E-state index contributed by atoms with van der Waals surface area (Å²) < 4.78 is 47.0. The number of aromatic nitrogens is 2. The van der Waals surface area contributed by atoms with Gasteiger partial charge in [-0.15, -0.1) is 13.2 Å². The van der Waals surface area contributed by atoms with Gasteiger partial charge in [0.1, 0.15) is 28.8 Å². The molecule has 33 heavy (non-hydrogen) atoms. The van der Waals surface area contributed by atoms with Gasteiger partial charge >= 0.3 is 12.3 Å². The maximum atomic E-state index is 12.6. The van der Waals surface area contributed by atoms with E-state index in [9.17, 15) is 23.2 Å². The van der Waals surface area contributed by atoms with Gasteiger partial charge in [0.25, 0.3) is 0 Å². The van der Waals surface area contributed by atoms with E-state index in [1.807, 2.05) is 6.07 Å². The van der Waals surface area contributed by atoms with Crippen LogP contribution in [0, 0.1) is 11.3 Å². The van der Waals surface area contributed by atoms with Crippen LogP contribution in [0.4, 0.5) is 24.9 Å². The number of carbonyl (C=O) groups is 1. The molecule has 2 N–H and O–H groups in total. The summed E-state index contributed by atoms with van der Waals surface area (Å²) in [4.78, 5) is 20.0. The van der Waals surface area contributed by atoms with Gasteiger partial charge in [0.2, 0.25) is 5.95 Å². The van der Waals surface area contributed by atoms with Crippen molar-refractivity contribution in [2.24, 2.45) is 0 Å². The number of hydrogen-bond acceptors (Lipinski definition) is 8. The Morgan fingerprint density at radius 1 is 1.15 bits per heavy atom. The van der Waals surface area contributed by atoms with Crippen molar-refractivity contribution in [3.05, 3.63) is 41.6 Å². The number of nitriles is 1. The first-order chi connectivity index (χ1) is 15.5. The molecule has 0 aliphatic rings. The zero-order valence-corrected chi connectivity index (χ0v) is 18.6. The van der Waals surface area contributed by atoms with Gasteiger partial charge in [0, 0.05) is 25.1 Å². The highest BCUT2D eigenvalue weighted by Crippen LogP contribution is 2.26. The zero-order valence-electron chi connectivity index (χ0n) is 18.6. The van der Waals surface area contributed by atoms with Gasteiger partial charge in [-0.2, -0.15) is 10.2 Å². The van der Waals surface area contributed by atoms with Gasteiger partial charge in [0.15, 0.2) is 0 Å². The number of hydrogen-bond donors (Lipinski definition) is 2. The number of nitrogens with zero attached hydrogens (tertiary/aromatic N) is 3. The molecule has 0 bridgehead atoms. The molecule has 0 amide bonds. The molecule has 178 valence electrons. The zero-order chi connectivity index (χ0) is 24.5. The molecule has 0 unspecified atom stereocenters. The van der Waals surface area contributed by atoms with Gasteiger partial charge in [-0.1, -0.05) is 18.2 Å². The van der Waals surface area contributed by atoms with Crippen molar-refractivity contribution in [3.63, 3.8) is 0 Å². The summed E-state index contributed by atoms with van der Waals surface area (Å²) >= 11 is 0. The maximum absolute atomic E-state index is 12.6. The quantitative estimate of drug-likeness (QED) is 0.381. The standard InChI is InChI=1S/C22H26F3N5O3/c1-21(2,3)33-18(31)10-6-7-11-27-19-16(12-26)14-29-20(30-19)28-13-15-8-4-5-9-17(15)32-22(23,24)25/h4-5,8-9,14H,6-7,10-11,13H2,1-3H3,(H2,27,28,29,30). The topological polar surface area (TPSA) is 109 Å². The lowest BCUT2D eigenvalue weighted by molar-refractivity contribution is -0.274. The highest BCUT2D eigenvalue weighted by atomic mass is 19.4. The van der Waals surface area contributed by atoms with E-state index in [1.165, 1.54) is 24.4 Å². The van der Waals surface area contributed by atoms with Gasteiger partial charge < -0.3 is 20.1 Å². The monoisotopic (exact) mass is 465 g/mol. The number of benzene rings is 1. The largest absolute Gasteiger partial charge is 0.573 e. The van der Waals surface area contributed by atoms with Crippen LogP contribution in [0.2, 0.25) is 0 Å². The summed E-state index contributed by atoms with van der Waals surface area (Å²) in [6.07, 6.45) is -1.98. The summed E-state index contributed by atoms with van der Waals surface area (Å²) in [5.41, 5.74) is -0.0474. The number of para-hydroxylation sites is 1. The van der Waals surface area contributed by atoms with Crippen LogP contribution in [0.5, 0.6) is 5.75 Å². The minimum atomic E-state index is -4.80. The number of anilines is 2. The predicted octanol–water partition coefficient (Wildman–Crippen LogP) is 4.78. The minimum absolute atomic E-state index is 0.0204. The Morgan fingerprint density at radius 2 is 1.88 bits per heavy atom. The Hall–Kier alpha value is -3.55. The molecule has 0 radical (unpaired) electrons. The average molecular weight is 465 g/mol. The Kier molecular flexibility index (Phi) is 8.85. The fourth-order valence-corrected chi connectivity index (χ4v) is 2.73. The number of rotatable bonds is 10. The van der Waals surface area contributed by atoms with Gasteiger partial charge in [-0.25, -0.2) is 4.98 Å². The highest BCUT2D eigenvalue weighted by Gasteiger charge is 2.32. The molecule has 0 spiro atoms. The molecule has 0 atom stereocenters. The fourth-order valence-electron chi connectivity index (χ4n) is 2.73. The average Bonchev–Trinajstić information content (AvgIpc) is 2.70. The maximum Gasteiger partial charge on any atom is 0.573 e. The number of esters is 1. The fraction of sp³-hybridized carbons (Fsp3) is 0.455. The Morgan fingerprint density at radius 3 is 2.55 bits per heavy atom. The smallest absolute Gasteiger partial charge is 0.460 e. The Bertz CT molecular complexity index is 984. The molecule has 1 heterocycles. The van der Waals surface area contributed by atoms with E-state index in [1.54, 1.807) is 26.8 Å². The molecule has 1 aromatic heterocycles. The molecule has 11 heteroatoms. The number of halogens is 3. The van der Waals surface area contributed by atoms with Gasteiger partial charge in [-0.3, -0.25) is 4.79 Å². The SMILES string of the molecule is CC(C)(C)OC(=O)CCCCNc1nc(NCc2ccccc2OC(F)(F)F)ncc1C#N. The van der Waals surface area contributed by atoms with E-state index in [2.05, 4.69) is 25.3 Å². The van der Waals surface area contributed by atoms with Crippen LogP contribution in [0.1, 0.15) is 51.2 Å². The third kappa shape index (κ3) is 9.64. The van der Waals surface area contributed by atoms with Crippen LogP contribution in [0.25, 0.3) is 0 Å². The normalized spacial score (nSPS) is 11.4. The third-order valence-electron chi connectivity index (χ3n) is 4.06. The number of nitrogens with one attached hydrogen (secondary N) is 2. The van der Waals surface area contributed by atoms with E-state index in [0.717, 1.165) is 0 Å². The lowest BCUT2D eigenvalue weighted by Crippen LogP contribution is -2.23. The molecule has 0 saturated heterocycles. The molecule has 2 aromatic rings. The first-order valence-corrected chi connectivity index (χ1v) is 10.3. The molecule has 0 aliphatic heterocycles. The van der Waals surface area contributed by atoms with E-state index in [0.29, 0.717) is 19.4 Å². The number of alkyl halides is 3. The second-order valence-corrected chi connectivity index (χ2v) is 8.05. The number of unbranched alkanes of at least 4 members (excludes halogenated alkanes) is 1. The van der Waals surface area contributed by atoms with E-state index in [-0.39, 0.29) is 47.6 Å². The third-order valence-corrected chi connectivity index (χ3v) is 4.06. The van der Waals surface area contributed by atoms with Crippen LogP contribution in [0.15, 0.2) is 30.5 Å². The molecule has 1 aromatic carbocycles. The minimum Gasteiger partial charge on any atom is -0.460 e. The van der Waals surface area contributed by atoms with Crippen molar-refractivity contribution in [2.75, 3.05) is 17.2 Å². The van der Waals surface area contributed by atoms with Crippen LogP contribution in [-0.2, 0) is 16.1 Å². The van der Waals surface area contributed by atoms with Crippen LogP contribution < -0.4 is 15.4 Å². The lowest BCUT2D eigenvalue weighted by Gasteiger charge is -2.19. The Balaban J connectivity index is 1.92. The Labute approximate surface area is 190 Å². The number of carbonyl (C=O) groups excluding carboxylic acids is 1. The first kappa shape index (κ1) is 25.7. The molecular weight excluding hydrogens is 439 g/mol. The summed E-state index contributed by atoms with van der Waals surface area (Å²) in [5.74, 6) is -0.183. The first-order valence-electron chi connectivity index (χ1n) is 10.3. The molecule has 0 aliphatic carbocycles. The second kappa shape index (κ2) is 11.4. The van der Waals surface area contributed by atoms with Crippen LogP contribution in [-0.4, -0.2) is 34.4 Å². The lowest BCUT2D eigenvalue weighted by atomic mass is 10.2. The van der Waals surface area contributed by atoms with Crippen molar-refractivity contribution in [1.29, 1.82) is 5.26 Å². The molecule has 0 fully saturated rings. The number of ether oxygens (including phenoxy) is 2. The predicted molar refractivity (Wildman–Crippen MR) is 115 cm³/mol. The van der Waals surface area contributed by atoms with Crippen molar-refractivity contribution in [1.82, 2.24) is 9.97 Å². The molecule has 0 saturated carbocycles. The summed E-state index contributed by atoms with van der Waals surface area (Å²) in [6.45, 7) is 5.85. The van der Waals surface area contributed by atoms with E-state index >= 15 is 0 Å². The van der Waals surface area contributed by atoms with Gasteiger partial charge in [0.05, 0.1) is 6.20 Å². The summed E-state index contributed by atoms with van der Waals surface area (Å²) in [6, 6.07) is 7.71. The van der Waals surface area contributed by atoms with E-state index in [4.69, 9.17) is 4.74 Å². The van der Waals surface area contributed by atoms with Crippen molar-refractivity contribution >= 4 is 17.7 Å². The van der Waals surface area contributed by atoms with Crippen LogP contribution >= 0.6 is 0 Å². The van der Waals surface area contributed by atoms with Crippen LogP contribution in [0.3, 0.4) is 0 Å². The second-order valence-electron chi connectivity index (χ2n) is 8.05. The summed E-state index contributed by atoms with van der Waals surface area (Å²) in [7, 11) is 0. The highest BCUT2D eigenvalue weighted by molar-refractivity contribution is 5.69. The molecular formula is C22H26F3N5O3. The van der Waals surface area contributed by atoms with Crippen molar-refractivity contribution < 1.29 is 27.4 Å². The van der Waals surface area contributed by atoms with E-state index < -0.39 is 12.0 Å². The van der Waals surface area contributed by atoms with Crippen molar-refractivity contribution in [3.8, 4) is 11.8 Å². The molecule has 8 nitrogen and oxygen atoms in total.